The Morgan fingerprint density at radius 1 is 1.22 bits per heavy atom. The number of aldehydes is 1. The van der Waals surface area contributed by atoms with E-state index in [1.165, 1.54) is 0 Å². The topological polar surface area (TPSA) is 77.8 Å². The van der Waals surface area contributed by atoms with Gasteiger partial charge in [0, 0.05) is 18.7 Å². The molecule has 6 heteroatoms. The van der Waals surface area contributed by atoms with Gasteiger partial charge in [0.1, 0.15) is 24.4 Å². The van der Waals surface area contributed by atoms with Gasteiger partial charge in [-0.15, -0.1) is 0 Å². The van der Waals surface area contributed by atoms with Crippen LogP contribution in [0, 0.1) is 0 Å². The molecular weight excluding hydrogens is 298 g/mol. The molecule has 2 aromatic rings. The summed E-state index contributed by atoms with van der Waals surface area (Å²) in [5.74, 6) is 1.13. The summed E-state index contributed by atoms with van der Waals surface area (Å²) in [7, 11) is 0. The van der Waals surface area contributed by atoms with E-state index in [2.05, 4.69) is 5.32 Å². The highest BCUT2D eigenvalue weighted by atomic mass is 16.5. The molecule has 1 aromatic carbocycles. The predicted molar refractivity (Wildman–Crippen MR) is 83.3 cm³/mol. The van der Waals surface area contributed by atoms with Crippen LogP contribution in [0.15, 0.2) is 47.1 Å². The van der Waals surface area contributed by atoms with Crippen molar-refractivity contribution in [2.45, 2.75) is 13.0 Å². The zero-order valence-corrected chi connectivity index (χ0v) is 12.7. The molecule has 23 heavy (non-hydrogen) atoms. The van der Waals surface area contributed by atoms with Crippen molar-refractivity contribution in [2.75, 3.05) is 19.8 Å². The van der Waals surface area contributed by atoms with Gasteiger partial charge in [-0.3, -0.25) is 9.59 Å². The van der Waals surface area contributed by atoms with Crippen LogP contribution in [0.3, 0.4) is 0 Å². The molecule has 0 aliphatic rings. The van der Waals surface area contributed by atoms with Crippen LogP contribution in [0.2, 0.25) is 0 Å². The molecule has 0 radical (unpaired) electrons. The number of nitrogens with one attached hydrogen (secondary N) is 1. The lowest BCUT2D eigenvalue weighted by Crippen LogP contribution is -2.30. The first kappa shape index (κ1) is 16.8. The fraction of sp³-hybridized carbons (Fsp3) is 0.294. The molecule has 2 rings (SSSR count). The van der Waals surface area contributed by atoms with Crippen molar-refractivity contribution >= 4 is 12.2 Å². The number of hydrogen-bond acceptors (Lipinski definition) is 5. The molecule has 1 amide bonds. The number of rotatable bonds is 10. The first-order valence-corrected chi connectivity index (χ1v) is 7.33. The average molecular weight is 317 g/mol. The number of carbonyl (C=O) groups excluding carboxylic acids is 2. The quantitative estimate of drug-likeness (QED) is 0.537. The van der Waals surface area contributed by atoms with Crippen molar-refractivity contribution in [1.29, 1.82) is 0 Å². The summed E-state index contributed by atoms with van der Waals surface area (Å²) < 4.78 is 15.9. The Morgan fingerprint density at radius 2 is 2.04 bits per heavy atom. The van der Waals surface area contributed by atoms with E-state index in [1.54, 1.807) is 30.5 Å². The smallest absolute Gasteiger partial charge is 0.257 e. The molecule has 0 atom stereocenters. The monoisotopic (exact) mass is 317 g/mol. The van der Waals surface area contributed by atoms with Crippen LogP contribution in [-0.4, -0.2) is 32.0 Å². The Balaban J connectivity index is 1.51. The second-order valence-electron chi connectivity index (χ2n) is 4.81. The van der Waals surface area contributed by atoms with Gasteiger partial charge in [-0.25, -0.2) is 0 Å². The maximum absolute atomic E-state index is 11.6. The van der Waals surface area contributed by atoms with Crippen LogP contribution >= 0.6 is 0 Å². The van der Waals surface area contributed by atoms with Crippen LogP contribution in [0.4, 0.5) is 0 Å². The summed E-state index contributed by atoms with van der Waals surface area (Å²) in [4.78, 5) is 22.1. The Hall–Kier alpha value is -2.60. The highest BCUT2D eigenvalue weighted by molar-refractivity contribution is 5.77. The molecule has 1 N–H and O–H groups in total. The van der Waals surface area contributed by atoms with Crippen molar-refractivity contribution in [3.05, 3.63) is 54.0 Å². The van der Waals surface area contributed by atoms with E-state index in [-0.39, 0.29) is 12.5 Å². The van der Waals surface area contributed by atoms with Crippen LogP contribution in [0.5, 0.6) is 5.75 Å². The molecule has 0 aliphatic carbocycles. The van der Waals surface area contributed by atoms with E-state index in [9.17, 15) is 9.59 Å². The molecule has 0 spiro atoms. The lowest BCUT2D eigenvalue weighted by molar-refractivity contribution is -0.123. The molecule has 6 nitrogen and oxygen atoms in total. The molecule has 0 unspecified atom stereocenters. The highest BCUT2D eigenvalue weighted by Gasteiger charge is 2.02. The van der Waals surface area contributed by atoms with Crippen LogP contribution < -0.4 is 10.1 Å². The first-order chi connectivity index (χ1) is 11.3. The summed E-state index contributed by atoms with van der Waals surface area (Å²) in [5.41, 5.74) is 0.566. The molecule has 0 aliphatic heterocycles. The number of carbonyl (C=O) groups is 2. The Kier molecular flexibility index (Phi) is 6.87. The summed E-state index contributed by atoms with van der Waals surface area (Å²) in [6.07, 6.45) is 3.07. The zero-order chi connectivity index (χ0) is 16.3. The van der Waals surface area contributed by atoms with Crippen molar-refractivity contribution in [1.82, 2.24) is 5.32 Å². The number of benzene rings is 1. The zero-order valence-electron chi connectivity index (χ0n) is 12.7. The second-order valence-corrected chi connectivity index (χ2v) is 4.81. The minimum absolute atomic E-state index is 0.0618. The largest absolute Gasteiger partial charge is 0.484 e. The van der Waals surface area contributed by atoms with Gasteiger partial charge in [0.05, 0.1) is 6.26 Å². The Morgan fingerprint density at radius 3 is 2.74 bits per heavy atom. The van der Waals surface area contributed by atoms with Crippen molar-refractivity contribution in [2.24, 2.45) is 0 Å². The van der Waals surface area contributed by atoms with Gasteiger partial charge in [0.2, 0.25) is 0 Å². The van der Waals surface area contributed by atoms with E-state index in [4.69, 9.17) is 13.9 Å². The Bertz CT molecular complexity index is 592. The Labute approximate surface area is 134 Å². The molecule has 0 saturated carbocycles. The molecule has 0 bridgehead atoms. The molecule has 0 saturated heterocycles. The van der Waals surface area contributed by atoms with Crippen LogP contribution in [0.25, 0.3) is 0 Å². The van der Waals surface area contributed by atoms with Gasteiger partial charge in [-0.05, 0) is 42.8 Å². The van der Waals surface area contributed by atoms with Crippen LogP contribution in [-0.2, 0) is 16.1 Å². The van der Waals surface area contributed by atoms with Crippen LogP contribution in [0.1, 0.15) is 22.5 Å². The third kappa shape index (κ3) is 6.36. The molecular formula is C17H19NO5. The van der Waals surface area contributed by atoms with E-state index in [0.717, 1.165) is 12.0 Å². The molecule has 1 heterocycles. The SMILES string of the molecule is O=Cc1ccc(OCC(=O)NCCCOCc2ccco2)cc1. The predicted octanol–water partition coefficient (Wildman–Crippen LogP) is 2.19. The normalized spacial score (nSPS) is 10.3. The minimum Gasteiger partial charge on any atom is -0.484 e. The van der Waals surface area contributed by atoms with Gasteiger partial charge in [-0.1, -0.05) is 0 Å². The molecule has 122 valence electrons. The number of amides is 1. The van der Waals surface area contributed by atoms with Crippen molar-refractivity contribution in [3.8, 4) is 5.75 Å². The highest BCUT2D eigenvalue weighted by Crippen LogP contribution is 2.10. The van der Waals surface area contributed by atoms with E-state index in [1.807, 2.05) is 12.1 Å². The minimum atomic E-state index is -0.199. The second kappa shape index (κ2) is 9.42. The van der Waals surface area contributed by atoms with E-state index < -0.39 is 0 Å². The van der Waals surface area contributed by atoms with E-state index >= 15 is 0 Å². The lowest BCUT2D eigenvalue weighted by Gasteiger charge is -2.07. The van der Waals surface area contributed by atoms with E-state index in [0.29, 0.717) is 37.5 Å². The van der Waals surface area contributed by atoms with Crippen molar-refractivity contribution in [3.63, 3.8) is 0 Å². The summed E-state index contributed by atoms with van der Waals surface area (Å²) in [6, 6.07) is 10.2. The summed E-state index contributed by atoms with van der Waals surface area (Å²) >= 11 is 0. The van der Waals surface area contributed by atoms with Gasteiger partial charge in [0.15, 0.2) is 6.61 Å². The number of furan rings is 1. The third-order valence-electron chi connectivity index (χ3n) is 3.00. The lowest BCUT2D eigenvalue weighted by atomic mass is 10.2. The van der Waals surface area contributed by atoms with Crippen molar-refractivity contribution < 1.29 is 23.5 Å². The fourth-order valence-electron chi connectivity index (χ4n) is 1.81. The summed E-state index contributed by atoms with van der Waals surface area (Å²) in [5, 5.41) is 2.75. The maximum atomic E-state index is 11.6. The third-order valence-corrected chi connectivity index (χ3v) is 3.00. The average Bonchev–Trinajstić information content (AvgIpc) is 3.10. The first-order valence-electron chi connectivity index (χ1n) is 7.33. The molecule has 0 fully saturated rings. The fourth-order valence-corrected chi connectivity index (χ4v) is 1.81. The standard InChI is InChI=1S/C17H19NO5/c19-11-14-4-6-15(7-5-14)23-13-17(20)18-8-2-9-21-12-16-3-1-10-22-16/h1,3-7,10-11H,2,8-9,12-13H2,(H,18,20). The number of hydrogen-bond donors (Lipinski definition) is 1. The van der Waals surface area contributed by atoms with Gasteiger partial charge in [0.25, 0.3) is 5.91 Å². The van der Waals surface area contributed by atoms with Gasteiger partial charge >= 0.3 is 0 Å². The molecule has 1 aromatic heterocycles. The number of ether oxygens (including phenoxy) is 2. The van der Waals surface area contributed by atoms with Gasteiger partial charge in [-0.2, -0.15) is 0 Å². The summed E-state index contributed by atoms with van der Waals surface area (Å²) in [6.45, 7) is 1.42. The maximum Gasteiger partial charge on any atom is 0.257 e. The van der Waals surface area contributed by atoms with Gasteiger partial charge < -0.3 is 19.2 Å².